The molecule has 4 aromatic rings. The number of nitrogens with one attached hydrogen (secondary N) is 2. The molecule has 2 amide bonds. The third-order valence-electron chi connectivity index (χ3n) is 5.69. The number of hydrogen-bond acceptors (Lipinski definition) is 4. The Balaban J connectivity index is 1.66. The Bertz CT molecular complexity index is 1380. The van der Waals surface area contributed by atoms with E-state index in [9.17, 15) is 9.59 Å². The van der Waals surface area contributed by atoms with E-state index in [0.717, 1.165) is 22.3 Å². The first kappa shape index (κ1) is 23.9. The second kappa shape index (κ2) is 10.8. The molecule has 0 saturated heterocycles. The third-order valence-corrected chi connectivity index (χ3v) is 5.69. The molecule has 0 unspecified atom stereocenters. The highest BCUT2D eigenvalue weighted by atomic mass is 16.5. The van der Waals surface area contributed by atoms with E-state index >= 15 is 0 Å². The van der Waals surface area contributed by atoms with Crippen LogP contribution in [-0.2, 0) is 13.1 Å². The van der Waals surface area contributed by atoms with Gasteiger partial charge in [0, 0.05) is 23.0 Å². The van der Waals surface area contributed by atoms with Crippen LogP contribution in [-0.4, -0.2) is 29.6 Å². The van der Waals surface area contributed by atoms with Crippen LogP contribution in [0.4, 0.5) is 10.5 Å². The summed E-state index contributed by atoms with van der Waals surface area (Å²) < 4.78 is 11.0. The van der Waals surface area contributed by atoms with Gasteiger partial charge in [-0.05, 0) is 55.8 Å². The van der Waals surface area contributed by atoms with Crippen molar-refractivity contribution in [2.24, 2.45) is 0 Å². The maximum absolute atomic E-state index is 13.4. The van der Waals surface area contributed by atoms with Crippen LogP contribution in [0.5, 0.6) is 11.5 Å². The van der Waals surface area contributed by atoms with Crippen molar-refractivity contribution in [1.82, 2.24) is 9.88 Å². The number of nitrogens with zero attached hydrogens (tertiary/aromatic N) is 1. The number of para-hydroxylation sites is 2. The van der Waals surface area contributed by atoms with Crippen molar-refractivity contribution in [2.75, 3.05) is 19.0 Å². The highest BCUT2D eigenvalue weighted by molar-refractivity contribution is 5.91. The maximum atomic E-state index is 13.4. The Morgan fingerprint density at radius 3 is 2.51 bits per heavy atom. The van der Waals surface area contributed by atoms with Crippen LogP contribution in [0.3, 0.4) is 0 Å². The number of rotatable bonds is 8. The number of hydrogen-bond donors (Lipinski definition) is 2. The Hall–Kier alpha value is -4.26. The first-order valence-electron chi connectivity index (χ1n) is 11.5. The summed E-state index contributed by atoms with van der Waals surface area (Å²) in [5.41, 5.74) is 3.61. The number of fused-ring (bicyclic) bond motifs is 1. The molecule has 0 aliphatic rings. The Morgan fingerprint density at radius 1 is 1.00 bits per heavy atom. The standard InChI is InChI=1S/C28H29N3O4/c1-4-35-23-13-14-24-21(16-23)15-22(27(32)29-24)18-31(17-20-11-9-19(2)10-12-20)28(33)30-25-7-5-6-8-26(25)34-3/h5-16H,4,17-18H2,1-3H3,(H,29,32)(H,30,33). The lowest BCUT2D eigenvalue weighted by Crippen LogP contribution is -2.35. The topological polar surface area (TPSA) is 83.7 Å². The van der Waals surface area contributed by atoms with Crippen LogP contribution in [0.1, 0.15) is 23.6 Å². The Labute approximate surface area is 204 Å². The van der Waals surface area contributed by atoms with E-state index in [0.29, 0.717) is 35.7 Å². The van der Waals surface area contributed by atoms with Gasteiger partial charge < -0.3 is 24.7 Å². The van der Waals surface area contributed by atoms with Crippen molar-refractivity contribution in [3.63, 3.8) is 0 Å². The maximum Gasteiger partial charge on any atom is 0.322 e. The molecular formula is C28H29N3O4. The summed E-state index contributed by atoms with van der Waals surface area (Å²) in [4.78, 5) is 30.8. The number of H-pyrrole nitrogens is 1. The molecule has 7 heteroatoms. The van der Waals surface area contributed by atoms with Gasteiger partial charge in [-0.1, -0.05) is 42.0 Å². The van der Waals surface area contributed by atoms with Crippen LogP contribution < -0.4 is 20.3 Å². The fraction of sp³-hybridized carbons (Fsp3) is 0.214. The van der Waals surface area contributed by atoms with E-state index in [2.05, 4.69) is 10.3 Å². The zero-order chi connectivity index (χ0) is 24.8. The van der Waals surface area contributed by atoms with Gasteiger partial charge in [0.05, 0.1) is 25.9 Å². The first-order valence-corrected chi connectivity index (χ1v) is 11.5. The number of methoxy groups -OCH3 is 1. The third kappa shape index (κ3) is 5.81. The van der Waals surface area contributed by atoms with E-state index in [1.54, 1.807) is 24.1 Å². The fourth-order valence-electron chi connectivity index (χ4n) is 3.86. The van der Waals surface area contributed by atoms with Gasteiger partial charge in [-0.3, -0.25) is 4.79 Å². The number of carbonyl (C=O) groups is 1. The van der Waals surface area contributed by atoms with E-state index < -0.39 is 0 Å². The second-order valence-corrected chi connectivity index (χ2v) is 8.28. The number of benzene rings is 3. The molecule has 3 aromatic carbocycles. The largest absolute Gasteiger partial charge is 0.495 e. The smallest absolute Gasteiger partial charge is 0.322 e. The minimum absolute atomic E-state index is 0.124. The van der Waals surface area contributed by atoms with Crippen LogP contribution in [0, 0.1) is 6.92 Å². The number of aryl methyl sites for hydroxylation is 1. The van der Waals surface area contributed by atoms with Crippen LogP contribution in [0.25, 0.3) is 10.9 Å². The average Bonchev–Trinajstić information content (AvgIpc) is 2.86. The number of urea groups is 1. The molecule has 0 saturated carbocycles. The molecule has 0 fully saturated rings. The molecule has 0 bridgehead atoms. The van der Waals surface area contributed by atoms with Crippen LogP contribution in [0.2, 0.25) is 0 Å². The summed E-state index contributed by atoms with van der Waals surface area (Å²) in [6, 6.07) is 22.2. The second-order valence-electron chi connectivity index (χ2n) is 8.28. The first-order chi connectivity index (χ1) is 17.0. The van der Waals surface area contributed by atoms with Crippen LogP contribution >= 0.6 is 0 Å². The predicted octanol–water partition coefficient (Wildman–Crippen LogP) is 5.48. The average molecular weight is 472 g/mol. The lowest BCUT2D eigenvalue weighted by molar-refractivity contribution is 0.206. The van der Waals surface area contributed by atoms with Crippen molar-refractivity contribution in [1.29, 1.82) is 0 Å². The molecule has 0 aliphatic heterocycles. The van der Waals surface area contributed by atoms with Gasteiger partial charge in [0.1, 0.15) is 11.5 Å². The van der Waals surface area contributed by atoms with E-state index in [1.165, 1.54) is 0 Å². The Kier molecular flexibility index (Phi) is 7.35. The molecule has 4 rings (SSSR count). The molecule has 7 nitrogen and oxygen atoms in total. The molecule has 180 valence electrons. The van der Waals surface area contributed by atoms with E-state index in [4.69, 9.17) is 9.47 Å². The van der Waals surface area contributed by atoms with Gasteiger partial charge in [-0.15, -0.1) is 0 Å². The Morgan fingerprint density at radius 2 is 1.77 bits per heavy atom. The summed E-state index contributed by atoms with van der Waals surface area (Å²) in [5.74, 6) is 1.28. The molecule has 0 radical (unpaired) electrons. The summed E-state index contributed by atoms with van der Waals surface area (Å²) in [6.45, 7) is 4.94. The molecule has 0 atom stereocenters. The number of pyridine rings is 1. The quantitative estimate of drug-likeness (QED) is 0.357. The molecule has 0 spiro atoms. The monoisotopic (exact) mass is 471 g/mol. The SMILES string of the molecule is CCOc1ccc2[nH]c(=O)c(CN(Cc3ccc(C)cc3)C(=O)Nc3ccccc3OC)cc2c1. The van der Waals surface area contributed by atoms with E-state index in [-0.39, 0.29) is 18.1 Å². The zero-order valence-electron chi connectivity index (χ0n) is 20.1. The molecule has 0 aliphatic carbocycles. The molecule has 1 heterocycles. The molecular weight excluding hydrogens is 442 g/mol. The van der Waals surface area contributed by atoms with Crippen molar-refractivity contribution >= 4 is 22.6 Å². The predicted molar refractivity (Wildman–Crippen MR) is 138 cm³/mol. The van der Waals surface area contributed by atoms with Gasteiger partial charge >= 0.3 is 6.03 Å². The normalized spacial score (nSPS) is 10.7. The van der Waals surface area contributed by atoms with Gasteiger partial charge in [0.25, 0.3) is 5.56 Å². The fourth-order valence-corrected chi connectivity index (χ4v) is 3.86. The molecule has 2 N–H and O–H groups in total. The summed E-state index contributed by atoms with van der Waals surface area (Å²) in [5, 5.41) is 3.76. The van der Waals surface area contributed by atoms with Crippen LogP contribution in [0.15, 0.2) is 77.6 Å². The van der Waals surface area contributed by atoms with Gasteiger partial charge in [-0.25, -0.2) is 4.79 Å². The molecule has 35 heavy (non-hydrogen) atoms. The lowest BCUT2D eigenvalue weighted by Gasteiger charge is -2.24. The highest BCUT2D eigenvalue weighted by Crippen LogP contribution is 2.24. The van der Waals surface area contributed by atoms with Crippen molar-refractivity contribution in [3.05, 3.63) is 99.8 Å². The summed E-state index contributed by atoms with van der Waals surface area (Å²) in [6.07, 6.45) is 0. The van der Waals surface area contributed by atoms with Crippen molar-refractivity contribution in [3.8, 4) is 11.5 Å². The number of ether oxygens (including phenoxy) is 2. The minimum Gasteiger partial charge on any atom is -0.495 e. The summed E-state index contributed by atoms with van der Waals surface area (Å²) >= 11 is 0. The highest BCUT2D eigenvalue weighted by Gasteiger charge is 2.18. The lowest BCUT2D eigenvalue weighted by atomic mass is 10.1. The zero-order valence-corrected chi connectivity index (χ0v) is 20.1. The van der Waals surface area contributed by atoms with Gasteiger partial charge in [0.15, 0.2) is 0 Å². The van der Waals surface area contributed by atoms with Gasteiger partial charge in [-0.2, -0.15) is 0 Å². The number of carbonyl (C=O) groups excluding carboxylic acids is 1. The van der Waals surface area contributed by atoms with Crippen molar-refractivity contribution in [2.45, 2.75) is 26.9 Å². The summed E-state index contributed by atoms with van der Waals surface area (Å²) in [7, 11) is 1.56. The molecule has 1 aromatic heterocycles. The van der Waals surface area contributed by atoms with Gasteiger partial charge in [0.2, 0.25) is 0 Å². The van der Waals surface area contributed by atoms with E-state index in [1.807, 2.05) is 74.5 Å². The number of anilines is 1. The minimum atomic E-state index is -0.336. The number of amides is 2. The number of aromatic amines is 1. The van der Waals surface area contributed by atoms with Crippen molar-refractivity contribution < 1.29 is 14.3 Å². The number of aromatic nitrogens is 1.